The van der Waals surface area contributed by atoms with Gasteiger partial charge in [0.25, 0.3) is 0 Å². The number of hydrogen-bond acceptors (Lipinski definition) is 4. The molecule has 0 aromatic heterocycles. The maximum atomic E-state index is 12.3. The summed E-state index contributed by atoms with van der Waals surface area (Å²) in [7, 11) is 0. The lowest BCUT2D eigenvalue weighted by atomic mass is 9.92. The number of likely N-dealkylation sites (tertiary alicyclic amines) is 1. The number of benzene rings is 2. The lowest BCUT2D eigenvalue weighted by Gasteiger charge is -2.38. The molecule has 6 nitrogen and oxygen atoms in total. The predicted octanol–water partition coefficient (Wildman–Crippen LogP) is 3.29. The Hall–Kier alpha value is -2.71. The fourth-order valence-electron chi connectivity index (χ4n) is 3.55. The molecule has 2 amide bonds. The third-order valence-electron chi connectivity index (χ3n) is 4.94. The summed E-state index contributed by atoms with van der Waals surface area (Å²) in [4.78, 5) is 14.6. The average molecular weight is 405 g/mol. The van der Waals surface area contributed by atoms with E-state index in [4.69, 9.17) is 0 Å². The second-order valence-corrected chi connectivity index (χ2v) is 7.06. The number of halogens is 2. The molecule has 8 heteroatoms. The summed E-state index contributed by atoms with van der Waals surface area (Å²) in [6.07, 6.45) is 0.708. The van der Waals surface area contributed by atoms with Crippen molar-refractivity contribution >= 4 is 11.7 Å². The summed E-state index contributed by atoms with van der Waals surface area (Å²) in [6.45, 7) is -0.686. The number of nitrogens with zero attached hydrogens (tertiary/aromatic N) is 1. The van der Waals surface area contributed by atoms with E-state index in [9.17, 15) is 18.7 Å². The van der Waals surface area contributed by atoms with Gasteiger partial charge in [-0.1, -0.05) is 36.4 Å². The zero-order valence-electron chi connectivity index (χ0n) is 15.9. The van der Waals surface area contributed by atoms with Gasteiger partial charge in [0, 0.05) is 50.0 Å². The molecule has 3 N–H and O–H groups in total. The van der Waals surface area contributed by atoms with Gasteiger partial charge in [0.15, 0.2) is 0 Å². The lowest BCUT2D eigenvalue weighted by Crippen LogP contribution is -2.52. The number of anilines is 1. The third kappa shape index (κ3) is 6.40. The summed E-state index contributed by atoms with van der Waals surface area (Å²) in [5, 5.41) is 15.3. The number of carbonyl (C=O) groups excluding carboxylic acids is 1. The van der Waals surface area contributed by atoms with Crippen molar-refractivity contribution in [1.82, 2.24) is 10.2 Å². The number of urea groups is 1. The molecule has 29 heavy (non-hydrogen) atoms. The number of rotatable bonds is 7. The van der Waals surface area contributed by atoms with Crippen molar-refractivity contribution in [1.29, 1.82) is 0 Å². The first-order valence-corrected chi connectivity index (χ1v) is 9.53. The third-order valence-corrected chi connectivity index (χ3v) is 4.94. The standard InChI is InChI=1S/C21H25F2N3O3/c22-20(23)29-18-8-4-7-17(11-18)24-21(28)25-19-9-10-26(13-16(19)14-27)12-15-5-2-1-3-6-15/h1-8,11,16,19-20,27H,9-10,12-14H2,(H2,24,25,28). The van der Waals surface area contributed by atoms with Crippen LogP contribution in [0.15, 0.2) is 54.6 Å². The summed E-state index contributed by atoms with van der Waals surface area (Å²) in [5.41, 5.74) is 1.56. The van der Waals surface area contributed by atoms with Crippen LogP contribution in [0, 0.1) is 5.92 Å². The highest BCUT2D eigenvalue weighted by Gasteiger charge is 2.30. The molecule has 2 aromatic rings. The van der Waals surface area contributed by atoms with Crippen LogP contribution in [-0.2, 0) is 6.54 Å². The smallest absolute Gasteiger partial charge is 0.387 e. The van der Waals surface area contributed by atoms with Crippen molar-refractivity contribution in [2.45, 2.75) is 25.6 Å². The van der Waals surface area contributed by atoms with Crippen molar-refractivity contribution in [3.8, 4) is 5.75 Å². The first-order valence-electron chi connectivity index (χ1n) is 9.53. The second kappa shape index (κ2) is 10.2. The van der Waals surface area contributed by atoms with Crippen LogP contribution < -0.4 is 15.4 Å². The molecule has 0 aliphatic carbocycles. The van der Waals surface area contributed by atoms with Crippen molar-refractivity contribution in [3.63, 3.8) is 0 Å². The van der Waals surface area contributed by atoms with E-state index in [0.717, 1.165) is 13.1 Å². The van der Waals surface area contributed by atoms with E-state index in [0.29, 0.717) is 18.7 Å². The molecule has 1 aliphatic heterocycles. The van der Waals surface area contributed by atoms with Gasteiger partial charge in [0.2, 0.25) is 0 Å². The summed E-state index contributed by atoms with van der Waals surface area (Å²) < 4.78 is 29.0. The fraction of sp³-hybridized carbons (Fsp3) is 0.381. The Balaban J connectivity index is 1.52. The molecule has 2 unspecified atom stereocenters. The van der Waals surface area contributed by atoms with E-state index in [1.807, 2.05) is 18.2 Å². The first-order chi connectivity index (χ1) is 14.0. The van der Waals surface area contributed by atoms with Crippen LogP contribution in [0.25, 0.3) is 0 Å². The Bertz CT molecular complexity index is 792. The van der Waals surface area contributed by atoms with Gasteiger partial charge in [-0.15, -0.1) is 0 Å². The molecule has 2 aromatic carbocycles. The maximum Gasteiger partial charge on any atom is 0.387 e. The monoisotopic (exact) mass is 405 g/mol. The Labute approximate surface area is 168 Å². The minimum Gasteiger partial charge on any atom is -0.435 e. The SMILES string of the molecule is O=C(Nc1cccc(OC(F)F)c1)NC1CCN(Cc2ccccc2)CC1CO. The molecule has 3 rings (SSSR count). The minimum atomic E-state index is -2.93. The van der Waals surface area contributed by atoms with Crippen molar-refractivity contribution in [3.05, 3.63) is 60.2 Å². The molecule has 0 radical (unpaired) electrons. The number of nitrogens with one attached hydrogen (secondary N) is 2. The molecule has 156 valence electrons. The molecule has 1 aliphatic rings. The predicted molar refractivity (Wildman–Crippen MR) is 106 cm³/mol. The topological polar surface area (TPSA) is 73.8 Å². The summed E-state index contributed by atoms with van der Waals surface area (Å²) in [5.74, 6) is -0.119. The van der Waals surface area contributed by atoms with E-state index in [2.05, 4.69) is 32.4 Å². The highest BCUT2D eigenvalue weighted by molar-refractivity contribution is 5.89. The summed E-state index contributed by atoms with van der Waals surface area (Å²) >= 11 is 0. The van der Waals surface area contributed by atoms with Gasteiger partial charge in [-0.25, -0.2) is 4.79 Å². The molecule has 1 heterocycles. The van der Waals surface area contributed by atoms with E-state index in [-0.39, 0.29) is 24.3 Å². The van der Waals surface area contributed by atoms with Crippen LogP contribution in [0.4, 0.5) is 19.3 Å². The van der Waals surface area contributed by atoms with E-state index in [1.54, 1.807) is 6.07 Å². The van der Waals surface area contributed by atoms with Gasteiger partial charge >= 0.3 is 12.6 Å². The average Bonchev–Trinajstić information content (AvgIpc) is 2.69. The van der Waals surface area contributed by atoms with Gasteiger partial charge in [-0.05, 0) is 24.1 Å². The number of hydrogen-bond donors (Lipinski definition) is 3. The largest absolute Gasteiger partial charge is 0.435 e. The molecular weight excluding hydrogens is 380 g/mol. The van der Waals surface area contributed by atoms with Gasteiger partial charge in [0.1, 0.15) is 5.75 Å². The number of alkyl halides is 2. The minimum absolute atomic E-state index is 0.0275. The van der Waals surface area contributed by atoms with Crippen molar-refractivity contribution < 1.29 is 23.4 Å². The Kier molecular flexibility index (Phi) is 7.37. The zero-order valence-corrected chi connectivity index (χ0v) is 15.9. The fourth-order valence-corrected chi connectivity index (χ4v) is 3.55. The molecule has 1 fully saturated rings. The van der Waals surface area contributed by atoms with E-state index >= 15 is 0 Å². The number of carbonyl (C=O) groups is 1. The van der Waals surface area contributed by atoms with Crippen LogP contribution in [0.1, 0.15) is 12.0 Å². The van der Waals surface area contributed by atoms with Gasteiger partial charge in [-0.3, -0.25) is 4.90 Å². The van der Waals surface area contributed by atoms with E-state index in [1.165, 1.54) is 23.8 Å². The van der Waals surface area contributed by atoms with Gasteiger partial charge < -0.3 is 20.5 Å². The number of aliphatic hydroxyl groups excluding tert-OH is 1. The van der Waals surface area contributed by atoms with Gasteiger partial charge in [-0.2, -0.15) is 8.78 Å². The van der Waals surface area contributed by atoms with Crippen LogP contribution in [0.2, 0.25) is 0 Å². The molecule has 0 spiro atoms. The van der Waals surface area contributed by atoms with Gasteiger partial charge in [0.05, 0.1) is 0 Å². The first kappa shape index (κ1) is 21.0. The number of amides is 2. The van der Waals surface area contributed by atoms with Crippen LogP contribution in [0.3, 0.4) is 0 Å². The number of ether oxygens (including phenoxy) is 1. The zero-order chi connectivity index (χ0) is 20.6. The lowest BCUT2D eigenvalue weighted by molar-refractivity contribution is -0.0498. The van der Waals surface area contributed by atoms with Crippen LogP contribution >= 0.6 is 0 Å². The van der Waals surface area contributed by atoms with Crippen LogP contribution in [-0.4, -0.2) is 48.4 Å². The Morgan fingerprint density at radius 2 is 2.00 bits per heavy atom. The highest BCUT2D eigenvalue weighted by Crippen LogP contribution is 2.21. The number of aliphatic hydroxyl groups is 1. The quantitative estimate of drug-likeness (QED) is 0.661. The number of piperidine rings is 1. The molecule has 0 bridgehead atoms. The molecule has 0 saturated carbocycles. The second-order valence-electron chi connectivity index (χ2n) is 7.06. The highest BCUT2D eigenvalue weighted by atomic mass is 19.3. The normalized spacial score (nSPS) is 19.7. The maximum absolute atomic E-state index is 12.3. The van der Waals surface area contributed by atoms with Crippen molar-refractivity contribution in [2.24, 2.45) is 5.92 Å². The van der Waals surface area contributed by atoms with E-state index < -0.39 is 12.6 Å². The Morgan fingerprint density at radius 1 is 1.21 bits per heavy atom. The molecule has 2 atom stereocenters. The Morgan fingerprint density at radius 3 is 2.72 bits per heavy atom. The van der Waals surface area contributed by atoms with Crippen molar-refractivity contribution in [2.75, 3.05) is 25.0 Å². The summed E-state index contributed by atoms with van der Waals surface area (Å²) in [6, 6.07) is 15.3. The van der Waals surface area contributed by atoms with Crippen LogP contribution in [0.5, 0.6) is 5.75 Å². The molecular formula is C21H25F2N3O3. The molecule has 1 saturated heterocycles.